The smallest absolute Gasteiger partial charge is 0.137 e. The molecule has 4 nitrogen and oxygen atoms in total. The van der Waals surface area contributed by atoms with Crippen LogP contribution in [0.25, 0.3) is 5.65 Å². The summed E-state index contributed by atoms with van der Waals surface area (Å²) in [5.74, 6) is 0.840. The predicted octanol–water partition coefficient (Wildman–Crippen LogP) is 2.73. The van der Waals surface area contributed by atoms with Crippen LogP contribution in [-0.2, 0) is 13.0 Å². The van der Waals surface area contributed by atoms with Gasteiger partial charge < -0.3 is 14.2 Å². The number of nitrogens with zero attached hydrogens (tertiary/aromatic N) is 2. The molecule has 0 spiro atoms. The van der Waals surface area contributed by atoms with E-state index in [1.54, 1.807) is 7.11 Å². The van der Waals surface area contributed by atoms with Gasteiger partial charge in [-0.1, -0.05) is 12.1 Å². The van der Waals surface area contributed by atoms with Gasteiger partial charge in [0.2, 0.25) is 0 Å². The fourth-order valence-corrected chi connectivity index (χ4v) is 2.49. The lowest BCUT2D eigenvalue weighted by Gasteiger charge is -2.04. The van der Waals surface area contributed by atoms with E-state index in [4.69, 9.17) is 4.74 Å². The molecule has 1 N–H and O–H groups in total. The van der Waals surface area contributed by atoms with Gasteiger partial charge in [-0.25, -0.2) is 4.98 Å². The number of ether oxygens (including phenoxy) is 1. The highest BCUT2D eigenvalue weighted by molar-refractivity contribution is 5.46. The summed E-state index contributed by atoms with van der Waals surface area (Å²) >= 11 is 0. The first-order chi connectivity index (χ1) is 10.2. The zero-order valence-corrected chi connectivity index (χ0v) is 12.2. The van der Waals surface area contributed by atoms with Gasteiger partial charge in [0.1, 0.15) is 11.4 Å². The van der Waals surface area contributed by atoms with E-state index in [9.17, 15) is 5.11 Å². The highest BCUT2D eigenvalue weighted by atomic mass is 16.5. The molecule has 0 aliphatic rings. The number of aromatic nitrogens is 2. The van der Waals surface area contributed by atoms with Crippen LogP contribution in [0.2, 0.25) is 0 Å². The fraction of sp³-hybridized carbons (Fsp3) is 0.235. The van der Waals surface area contributed by atoms with Gasteiger partial charge in [0.05, 0.1) is 25.1 Å². The molecule has 0 aliphatic heterocycles. The summed E-state index contributed by atoms with van der Waals surface area (Å²) in [6.45, 7) is 2.02. The van der Waals surface area contributed by atoms with E-state index in [1.807, 2.05) is 53.9 Å². The number of aryl methyl sites for hydroxylation is 1. The summed E-state index contributed by atoms with van der Waals surface area (Å²) in [7, 11) is 1.66. The lowest BCUT2D eigenvalue weighted by atomic mass is 10.1. The molecule has 0 aliphatic carbocycles. The maximum atomic E-state index is 9.65. The molecule has 0 bridgehead atoms. The fourth-order valence-electron chi connectivity index (χ4n) is 2.49. The minimum Gasteiger partial charge on any atom is -0.497 e. The average Bonchev–Trinajstić information content (AvgIpc) is 2.84. The molecule has 2 aromatic heterocycles. The Morgan fingerprint density at radius 3 is 2.62 bits per heavy atom. The van der Waals surface area contributed by atoms with Gasteiger partial charge in [-0.3, -0.25) is 0 Å². The molecule has 21 heavy (non-hydrogen) atoms. The topological polar surface area (TPSA) is 46.8 Å². The van der Waals surface area contributed by atoms with Crippen LogP contribution in [0.5, 0.6) is 5.75 Å². The molecule has 0 unspecified atom stereocenters. The number of aliphatic hydroxyl groups excluding tert-OH is 1. The molecule has 108 valence electrons. The second kappa shape index (κ2) is 5.58. The van der Waals surface area contributed by atoms with Crippen LogP contribution >= 0.6 is 0 Å². The van der Waals surface area contributed by atoms with Gasteiger partial charge in [-0.05, 0) is 42.3 Å². The number of pyridine rings is 1. The quantitative estimate of drug-likeness (QED) is 0.800. The van der Waals surface area contributed by atoms with Gasteiger partial charge in [0.15, 0.2) is 0 Å². The minimum atomic E-state index is -0.0181. The number of hydrogen-bond acceptors (Lipinski definition) is 3. The number of methoxy groups -OCH3 is 1. The van der Waals surface area contributed by atoms with Crippen LogP contribution < -0.4 is 4.74 Å². The van der Waals surface area contributed by atoms with Gasteiger partial charge in [-0.2, -0.15) is 0 Å². The highest BCUT2D eigenvalue weighted by Crippen LogP contribution is 2.19. The molecular formula is C17H18N2O2. The van der Waals surface area contributed by atoms with Crippen LogP contribution in [0, 0.1) is 6.92 Å². The third kappa shape index (κ3) is 2.62. The van der Waals surface area contributed by atoms with E-state index in [0.717, 1.165) is 33.9 Å². The molecule has 0 atom stereocenters. The number of aliphatic hydroxyl groups is 1. The Kier molecular flexibility index (Phi) is 3.62. The van der Waals surface area contributed by atoms with Crippen LogP contribution in [0.4, 0.5) is 0 Å². The summed E-state index contributed by atoms with van der Waals surface area (Å²) in [5.41, 5.74) is 4.94. The molecule has 3 rings (SSSR count). The summed E-state index contributed by atoms with van der Waals surface area (Å²) < 4.78 is 7.12. The number of rotatable bonds is 4. The maximum Gasteiger partial charge on any atom is 0.137 e. The monoisotopic (exact) mass is 282 g/mol. The Morgan fingerprint density at radius 1 is 1.19 bits per heavy atom. The predicted molar refractivity (Wildman–Crippen MR) is 81.7 cm³/mol. The van der Waals surface area contributed by atoms with Crippen molar-refractivity contribution in [3.05, 3.63) is 65.1 Å². The van der Waals surface area contributed by atoms with E-state index in [1.165, 1.54) is 0 Å². The van der Waals surface area contributed by atoms with Crippen LogP contribution in [0.15, 0.2) is 42.6 Å². The number of fused-ring (bicyclic) bond motifs is 1. The SMILES string of the molecule is COc1ccc(Cc2nc3cc(C)ccn3c2CO)cc1. The molecule has 0 radical (unpaired) electrons. The Bertz CT molecular complexity index is 760. The van der Waals surface area contributed by atoms with Crippen molar-refractivity contribution in [2.75, 3.05) is 7.11 Å². The molecule has 0 saturated heterocycles. The lowest BCUT2D eigenvalue weighted by Crippen LogP contribution is -1.98. The first-order valence-corrected chi connectivity index (χ1v) is 6.91. The highest BCUT2D eigenvalue weighted by Gasteiger charge is 2.12. The first kappa shape index (κ1) is 13.6. The van der Waals surface area contributed by atoms with E-state index in [2.05, 4.69) is 4.98 Å². The largest absolute Gasteiger partial charge is 0.497 e. The third-order valence-electron chi connectivity index (χ3n) is 3.64. The standard InChI is InChI=1S/C17H18N2O2/c1-12-7-8-19-16(11-20)15(18-17(19)9-12)10-13-3-5-14(21-2)6-4-13/h3-9,20H,10-11H2,1-2H3. The van der Waals surface area contributed by atoms with Gasteiger partial charge in [0, 0.05) is 12.6 Å². The van der Waals surface area contributed by atoms with Gasteiger partial charge in [0.25, 0.3) is 0 Å². The lowest BCUT2D eigenvalue weighted by molar-refractivity contribution is 0.274. The summed E-state index contributed by atoms with van der Waals surface area (Å²) in [4.78, 5) is 4.65. The molecule has 2 heterocycles. The normalized spacial score (nSPS) is 11.0. The zero-order valence-electron chi connectivity index (χ0n) is 12.2. The maximum absolute atomic E-state index is 9.65. The average molecular weight is 282 g/mol. The molecular weight excluding hydrogens is 264 g/mol. The van der Waals surface area contributed by atoms with Crippen molar-refractivity contribution in [1.29, 1.82) is 0 Å². The number of benzene rings is 1. The van der Waals surface area contributed by atoms with E-state index in [-0.39, 0.29) is 6.61 Å². The van der Waals surface area contributed by atoms with Crippen molar-refractivity contribution in [2.45, 2.75) is 20.0 Å². The molecule has 1 aromatic carbocycles. The van der Waals surface area contributed by atoms with Crippen molar-refractivity contribution < 1.29 is 9.84 Å². The summed E-state index contributed by atoms with van der Waals surface area (Å²) in [6.07, 6.45) is 2.65. The second-order valence-corrected chi connectivity index (χ2v) is 5.12. The van der Waals surface area contributed by atoms with Crippen molar-refractivity contribution in [3.63, 3.8) is 0 Å². The van der Waals surface area contributed by atoms with E-state index in [0.29, 0.717) is 6.42 Å². The third-order valence-corrected chi connectivity index (χ3v) is 3.64. The van der Waals surface area contributed by atoms with Crippen LogP contribution in [-0.4, -0.2) is 21.6 Å². The Labute approximate surface area is 123 Å². The van der Waals surface area contributed by atoms with E-state index < -0.39 is 0 Å². The van der Waals surface area contributed by atoms with Crippen LogP contribution in [0.3, 0.4) is 0 Å². The summed E-state index contributed by atoms with van der Waals surface area (Å²) in [6, 6.07) is 12.0. The van der Waals surface area contributed by atoms with Crippen molar-refractivity contribution in [2.24, 2.45) is 0 Å². The second-order valence-electron chi connectivity index (χ2n) is 5.12. The molecule has 0 saturated carbocycles. The van der Waals surface area contributed by atoms with Gasteiger partial charge in [-0.15, -0.1) is 0 Å². The van der Waals surface area contributed by atoms with Crippen molar-refractivity contribution in [1.82, 2.24) is 9.38 Å². The number of imidazole rings is 1. The van der Waals surface area contributed by atoms with Crippen molar-refractivity contribution in [3.8, 4) is 5.75 Å². The van der Waals surface area contributed by atoms with Crippen LogP contribution in [0.1, 0.15) is 22.5 Å². The molecule has 0 fully saturated rings. The Morgan fingerprint density at radius 2 is 1.95 bits per heavy atom. The Balaban J connectivity index is 1.98. The van der Waals surface area contributed by atoms with Crippen molar-refractivity contribution >= 4 is 5.65 Å². The first-order valence-electron chi connectivity index (χ1n) is 6.91. The summed E-state index contributed by atoms with van der Waals surface area (Å²) in [5, 5.41) is 9.65. The molecule has 4 heteroatoms. The minimum absolute atomic E-state index is 0.0181. The number of hydrogen-bond donors (Lipinski definition) is 1. The van der Waals surface area contributed by atoms with E-state index >= 15 is 0 Å². The Hall–Kier alpha value is -2.33. The molecule has 0 amide bonds. The van der Waals surface area contributed by atoms with Gasteiger partial charge >= 0.3 is 0 Å². The zero-order chi connectivity index (χ0) is 14.8. The molecule has 3 aromatic rings.